The van der Waals surface area contributed by atoms with Crippen molar-refractivity contribution in [3.63, 3.8) is 0 Å². The summed E-state index contributed by atoms with van der Waals surface area (Å²) in [5.74, 6) is -0.537. The minimum absolute atomic E-state index is 0.0267. The molecular weight excluding hydrogens is 166 g/mol. The third-order valence-corrected chi connectivity index (χ3v) is 2.52. The summed E-state index contributed by atoms with van der Waals surface area (Å²) in [7, 11) is 0. The van der Waals surface area contributed by atoms with Crippen LogP contribution >= 0.6 is 0 Å². The smallest absolute Gasteiger partial charge is 0.223 e. The van der Waals surface area contributed by atoms with Gasteiger partial charge in [-0.3, -0.25) is 9.59 Å². The minimum Gasteiger partial charge on any atom is -0.369 e. The number of carbonyl (C=O) groups excluding carboxylic acids is 2. The van der Waals surface area contributed by atoms with Gasteiger partial charge >= 0.3 is 0 Å². The normalized spacial score (nSPS) is 14.3. The summed E-state index contributed by atoms with van der Waals surface area (Å²) in [6.45, 7) is 8.81. The van der Waals surface area contributed by atoms with E-state index in [1.165, 1.54) is 6.92 Å². The van der Waals surface area contributed by atoms with Crippen molar-refractivity contribution in [1.82, 2.24) is 0 Å². The summed E-state index contributed by atoms with van der Waals surface area (Å²) >= 11 is 0. The van der Waals surface area contributed by atoms with Crippen LogP contribution in [0.1, 0.15) is 34.6 Å². The van der Waals surface area contributed by atoms with E-state index in [2.05, 4.69) is 0 Å². The predicted octanol–water partition coefficient (Wildman–Crippen LogP) is 1.36. The fourth-order valence-corrected chi connectivity index (χ4v) is 1.96. The van der Waals surface area contributed by atoms with E-state index >= 15 is 0 Å². The topological polar surface area (TPSA) is 60.2 Å². The fourth-order valence-electron chi connectivity index (χ4n) is 1.96. The quantitative estimate of drug-likeness (QED) is 0.718. The molecule has 0 rings (SSSR count). The van der Waals surface area contributed by atoms with Crippen LogP contribution in [0.5, 0.6) is 0 Å². The lowest BCUT2D eigenvalue weighted by Crippen LogP contribution is -2.43. The van der Waals surface area contributed by atoms with Crippen molar-refractivity contribution in [2.24, 2.45) is 23.0 Å². The van der Waals surface area contributed by atoms with Gasteiger partial charge in [-0.2, -0.15) is 0 Å². The Morgan fingerprint density at radius 3 is 1.69 bits per heavy atom. The van der Waals surface area contributed by atoms with E-state index in [9.17, 15) is 9.59 Å². The second kappa shape index (κ2) is 3.90. The van der Waals surface area contributed by atoms with Crippen molar-refractivity contribution < 1.29 is 9.59 Å². The molecule has 0 aliphatic heterocycles. The van der Waals surface area contributed by atoms with Gasteiger partial charge in [0.25, 0.3) is 0 Å². The van der Waals surface area contributed by atoms with Gasteiger partial charge in [0.05, 0.1) is 5.41 Å². The zero-order valence-electron chi connectivity index (χ0n) is 9.05. The monoisotopic (exact) mass is 185 g/mol. The molecule has 0 spiro atoms. The zero-order valence-corrected chi connectivity index (χ0v) is 9.05. The number of ketones is 1. The van der Waals surface area contributed by atoms with E-state index in [0.29, 0.717) is 0 Å². The zero-order chi connectivity index (χ0) is 10.8. The molecule has 13 heavy (non-hydrogen) atoms. The molecule has 0 fully saturated rings. The molecule has 1 unspecified atom stereocenters. The van der Waals surface area contributed by atoms with Crippen LogP contribution in [0.4, 0.5) is 0 Å². The highest BCUT2D eigenvalue weighted by Crippen LogP contribution is 2.32. The lowest BCUT2D eigenvalue weighted by Gasteiger charge is -2.32. The molecule has 0 bridgehead atoms. The van der Waals surface area contributed by atoms with E-state index in [1.54, 1.807) is 13.8 Å². The van der Waals surface area contributed by atoms with Gasteiger partial charge in [-0.25, -0.2) is 0 Å². The van der Waals surface area contributed by atoms with E-state index in [4.69, 9.17) is 5.73 Å². The molecule has 0 aromatic heterocycles. The van der Waals surface area contributed by atoms with Gasteiger partial charge in [0.2, 0.25) is 5.91 Å². The molecule has 0 aromatic carbocycles. The molecular formula is C10H19NO2. The predicted molar refractivity (Wildman–Crippen MR) is 52.0 cm³/mol. The minimum atomic E-state index is -0.750. The number of rotatable bonds is 4. The second-order valence-corrected chi connectivity index (χ2v) is 4.42. The van der Waals surface area contributed by atoms with Crippen molar-refractivity contribution in [1.29, 1.82) is 0 Å². The highest BCUT2D eigenvalue weighted by molar-refractivity contribution is 5.89. The number of primary amides is 1. The number of Topliss-reactive ketones (excluding diaryl/α,β-unsaturated/α-hetero) is 1. The van der Waals surface area contributed by atoms with Gasteiger partial charge in [0.1, 0.15) is 5.78 Å². The number of hydrogen-bond acceptors (Lipinski definition) is 2. The first kappa shape index (κ1) is 12.1. The highest BCUT2D eigenvalue weighted by atomic mass is 16.1. The molecule has 2 N–H and O–H groups in total. The molecule has 0 heterocycles. The third kappa shape index (κ3) is 2.54. The molecule has 0 saturated carbocycles. The Labute approximate surface area is 79.7 Å². The summed E-state index contributed by atoms with van der Waals surface area (Å²) in [5.41, 5.74) is 4.51. The number of carbonyl (C=O) groups is 2. The first-order chi connectivity index (χ1) is 5.71. The Kier molecular flexibility index (Phi) is 3.64. The van der Waals surface area contributed by atoms with Crippen LogP contribution < -0.4 is 5.73 Å². The Balaban J connectivity index is 4.94. The van der Waals surface area contributed by atoms with Gasteiger partial charge in [-0.05, 0) is 12.8 Å². The first-order valence-electron chi connectivity index (χ1n) is 4.51. The van der Waals surface area contributed by atoms with Crippen LogP contribution in [0.25, 0.3) is 0 Å². The number of amides is 1. The summed E-state index contributed by atoms with van der Waals surface area (Å²) in [5, 5.41) is 0. The van der Waals surface area contributed by atoms with Crippen molar-refractivity contribution in [2.45, 2.75) is 34.6 Å². The Morgan fingerprint density at radius 2 is 1.62 bits per heavy atom. The van der Waals surface area contributed by atoms with Crippen molar-refractivity contribution in [2.75, 3.05) is 0 Å². The van der Waals surface area contributed by atoms with Crippen LogP contribution in [-0.2, 0) is 9.59 Å². The lowest BCUT2D eigenvalue weighted by atomic mass is 9.70. The van der Waals surface area contributed by atoms with E-state index in [-0.39, 0.29) is 17.6 Å². The Hall–Kier alpha value is -0.860. The summed E-state index contributed by atoms with van der Waals surface area (Å²) in [6.07, 6.45) is 0. The summed E-state index contributed by atoms with van der Waals surface area (Å²) < 4.78 is 0. The van der Waals surface area contributed by atoms with Crippen LogP contribution in [0, 0.1) is 17.3 Å². The van der Waals surface area contributed by atoms with Gasteiger partial charge in [0, 0.05) is 5.92 Å². The number of nitrogens with two attached hydrogens (primary N) is 1. The third-order valence-electron chi connectivity index (χ3n) is 2.52. The maximum absolute atomic E-state index is 11.3. The molecule has 0 aliphatic rings. The molecule has 3 nitrogen and oxygen atoms in total. The van der Waals surface area contributed by atoms with Crippen LogP contribution in [-0.4, -0.2) is 11.7 Å². The molecule has 0 saturated heterocycles. The van der Waals surface area contributed by atoms with Crippen molar-refractivity contribution in [3.8, 4) is 0 Å². The first-order valence-corrected chi connectivity index (χ1v) is 4.51. The van der Waals surface area contributed by atoms with Gasteiger partial charge in [-0.1, -0.05) is 27.7 Å². The number of hydrogen-bond donors (Lipinski definition) is 1. The average Bonchev–Trinajstić information content (AvgIpc) is 1.82. The maximum Gasteiger partial charge on any atom is 0.223 e. The van der Waals surface area contributed by atoms with E-state index in [1.807, 2.05) is 13.8 Å². The van der Waals surface area contributed by atoms with Crippen LogP contribution in [0.3, 0.4) is 0 Å². The SMILES string of the molecule is CC(=O)C(C(C)C)C(C)(C)C(N)=O. The van der Waals surface area contributed by atoms with Crippen molar-refractivity contribution >= 4 is 11.7 Å². The Bertz CT molecular complexity index is 219. The van der Waals surface area contributed by atoms with Crippen LogP contribution in [0.15, 0.2) is 0 Å². The van der Waals surface area contributed by atoms with Gasteiger partial charge in [0.15, 0.2) is 0 Å². The van der Waals surface area contributed by atoms with Gasteiger partial charge in [-0.15, -0.1) is 0 Å². The lowest BCUT2D eigenvalue weighted by molar-refractivity contribution is -0.138. The average molecular weight is 185 g/mol. The fraction of sp³-hybridized carbons (Fsp3) is 0.800. The molecule has 1 atom stereocenters. The maximum atomic E-state index is 11.3. The van der Waals surface area contributed by atoms with Crippen LogP contribution in [0.2, 0.25) is 0 Å². The second-order valence-electron chi connectivity index (χ2n) is 4.42. The standard InChI is InChI=1S/C10H19NO2/c1-6(2)8(7(3)12)10(4,5)9(11)13/h6,8H,1-5H3,(H2,11,13). The molecule has 1 amide bonds. The molecule has 3 heteroatoms. The summed E-state index contributed by atoms with van der Waals surface area (Å²) in [4.78, 5) is 22.5. The van der Waals surface area contributed by atoms with Gasteiger partial charge < -0.3 is 5.73 Å². The highest BCUT2D eigenvalue weighted by Gasteiger charge is 2.39. The van der Waals surface area contributed by atoms with Crippen molar-refractivity contribution in [3.05, 3.63) is 0 Å². The van der Waals surface area contributed by atoms with E-state index < -0.39 is 11.3 Å². The molecule has 76 valence electrons. The summed E-state index contributed by atoms with van der Waals surface area (Å²) in [6, 6.07) is 0. The molecule has 0 aromatic rings. The largest absolute Gasteiger partial charge is 0.369 e. The van der Waals surface area contributed by atoms with E-state index in [0.717, 1.165) is 0 Å². The Morgan fingerprint density at radius 1 is 1.23 bits per heavy atom. The molecule has 0 aliphatic carbocycles. The molecule has 0 radical (unpaired) electrons.